The van der Waals surface area contributed by atoms with E-state index in [1.807, 2.05) is 0 Å². The first kappa shape index (κ1) is 14.2. The highest BCUT2D eigenvalue weighted by molar-refractivity contribution is 6.33. The van der Waals surface area contributed by atoms with Crippen molar-refractivity contribution in [2.45, 2.75) is 6.10 Å². The summed E-state index contributed by atoms with van der Waals surface area (Å²) < 4.78 is 1.58. The molecule has 0 saturated carbocycles. The predicted octanol–water partition coefficient (Wildman–Crippen LogP) is 1.52. The molecule has 1 unspecified atom stereocenters. The molecule has 0 spiro atoms. The monoisotopic (exact) mass is 297 g/mol. The zero-order valence-corrected chi connectivity index (χ0v) is 11.3. The molecule has 2 N–H and O–H groups in total. The largest absolute Gasteiger partial charge is 0.386 e. The van der Waals surface area contributed by atoms with Crippen molar-refractivity contribution in [1.82, 2.24) is 14.8 Å². The van der Waals surface area contributed by atoms with Crippen LogP contribution in [0.25, 0.3) is 0 Å². The summed E-state index contributed by atoms with van der Waals surface area (Å²) in [6.07, 6.45) is 3.57. The van der Waals surface area contributed by atoms with E-state index < -0.39 is 11.0 Å². The first-order valence-electron chi connectivity index (χ1n) is 5.68. The lowest BCUT2D eigenvalue weighted by molar-refractivity contribution is -0.385. The summed E-state index contributed by atoms with van der Waals surface area (Å²) >= 11 is 5.88. The maximum atomic E-state index is 10.6. The summed E-state index contributed by atoms with van der Waals surface area (Å²) in [5, 5.41) is 27.4. The van der Waals surface area contributed by atoms with Crippen LogP contribution in [0.2, 0.25) is 5.02 Å². The second-order valence-corrected chi connectivity index (χ2v) is 4.53. The van der Waals surface area contributed by atoms with Gasteiger partial charge in [0.2, 0.25) is 0 Å². The summed E-state index contributed by atoms with van der Waals surface area (Å²) in [6, 6.07) is 1.20. The van der Waals surface area contributed by atoms with Gasteiger partial charge in [0.1, 0.15) is 12.0 Å². The molecule has 2 rings (SSSR count). The van der Waals surface area contributed by atoms with E-state index in [0.29, 0.717) is 5.56 Å². The van der Waals surface area contributed by atoms with Crippen LogP contribution >= 0.6 is 11.6 Å². The lowest BCUT2D eigenvalue weighted by Gasteiger charge is -2.11. The maximum Gasteiger partial charge on any atom is 0.289 e. The van der Waals surface area contributed by atoms with Gasteiger partial charge in [0, 0.05) is 31.4 Å². The van der Waals surface area contributed by atoms with Crippen molar-refractivity contribution in [1.29, 1.82) is 0 Å². The number of aliphatic hydroxyl groups excluding tert-OH is 1. The normalized spacial score (nSPS) is 12.2. The molecule has 2 heterocycles. The van der Waals surface area contributed by atoms with E-state index in [1.54, 1.807) is 24.1 Å². The number of hydrogen-bond donors (Lipinski definition) is 2. The molecule has 0 bridgehead atoms. The highest BCUT2D eigenvalue weighted by Gasteiger charge is 2.13. The van der Waals surface area contributed by atoms with E-state index in [4.69, 9.17) is 11.6 Å². The van der Waals surface area contributed by atoms with Gasteiger partial charge < -0.3 is 10.4 Å². The van der Waals surface area contributed by atoms with Gasteiger partial charge in [-0.1, -0.05) is 11.6 Å². The highest BCUT2D eigenvalue weighted by Crippen LogP contribution is 2.24. The molecule has 0 radical (unpaired) electrons. The summed E-state index contributed by atoms with van der Waals surface area (Å²) in [6.45, 7) is 0.163. The Balaban J connectivity index is 2.02. The van der Waals surface area contributed by atoms with Gasteiger partial charge in [-0.3, -0.25) is 14.8 Å². The van der Waals surface area contributed by atoms with Crippen molar-refractivity contribution < 1.29 is 10.0 Å². The molecule has 0 saturated heterocycles. The molecule has 0 aliphatic heterocycles. The number of pyridine rings is 1. The summed E-state index contributed by atoms with van der Waals surface area (Å²) in [5.41, 5.74) is 0.464. The number of rotatable bonds is 5. The second kappa shape index (κ2) is 5.85. The van der Waals surface area contributed by atoms with Crippen LogP contribution in [-0.2, 0) is 7.05 Å². The van der Waals surface area contributed by atoms with Gasteiger partial charge in [0.15, 0.2) is 0 Å². The molecule has 0 amide bonds. The number of nitrogens with zero attached hydrogens (tertiary/aromatic N) is 4. The molecule has 0 aromatic carbocycles. The van der Waals surface area contributed by atoms with Crippen LogP contribution in [0, 0.1) is 10.1 Å². The average molecular weight is 298 g/mol. The summed E-state index contributed by atoms with van der Waals surface area (Å²) in [4.78, 5) is 13.8. The van der Waals surface area contributed by atoms with E-state index in [2.05, 4.69) is 15.4 Å². The Morgan fingerprint density at radius 3 is 2.90 bits per heavy atom. The lowest BCUT2D eigenvalue weighted by Crippen LogP contribution is -2.13. The molecular weight excluding hydrogens is 286 g/mol. The van der Waals surface area contributed by atoms with Gasteiger partial charge in [0.05, 0.1) is 22.2 Å². The highest BCUT2D eigenvalue weighted by atomic mass is 35.5. The van der Waals surface area contributed by atoms with Gasteiger partial charge in [-0.05, 0) is 0 Å². The van der Waals surface area contributed by atoms with Gasteiger partial charge in [-0.15, -0.1) is 0 Å². The minimum absolute atomic E-state index is 0.123. The zero-order valence-electron chi connectivity index (χ0n) is 10.5. The Kier molecular flexibility index (Phi) is 4.16. The van der Waals surface area contributed by atoms with Crippen LogP contribution in [0.4, 0.5) is 11.5 Å². The molecular formula is C11H12ClN5O3. The fourth-order valence-corrected chi connectivity index (χ4v) is 1.81. The van der Waals surface area contributed by atoms with Gasteiger partial charge in [0.25, 0.3) is 5.69 Å². The smallest absolute Gasteiger partial charge is 0.289 e. The topological polar surface area (TPSA) is 106 Å². The number of halogens is 1. The molecule has 1 atom stereocenters. The number of aromatic nitrogens is 3. The minimum atomic E-state index is -0.781. The summed E-state index contributed by atoms with van der Waals surface area (Å²) in [7, 11) is 1.75. The van der Waals surface area contributed by atoms with Crippen LogP contribution in [-0.4, -0.2) is 31.3 Å². The average Bonchev–Trinajstić information content (AvgIpc) is 2.83. The number of hydrogen-bond acceptors (Lipinski definition) is 6. The van der Waals surface area contributed by atoms with E-state index in [9.17, 15) is 15.2 Å². The molecule has 9 heteroatoms. The van der Waals surface area contributed by atoms with Crippen molar-refractivity contribution in [3.05, 3.63) is 45.4 Å². The van der Waals surface area contributed by atoms with E-state index in [0.717, 1.165) is 6.20 Å². The van der Waals surface area contributed by atoms with Crippen molar-refractivity contribution in [2.24, 2.45) is 7.05 Å². The molecule has 106 valence electrons. The SMILES string of the molecule is Cn1cc(C(O)CNc2ncc([N+](=O)[O-])cc2Cl)cn1. The molecule has 2 aromatic heterocycles. The number of aliphatic hydroxyl groups is 1. The first-order chi connectivity index (χ1) is 9.47. The van der Waals surface area contributed by atoms with E-state index in [-0.39, 0.29) is 23.1 Å². The Bertz CT molecular complexity index is 630. The quantitative estimate of drug-likeness (QED) is 0.640. The molecule has 8 nitrogen and oxygen atoms in total. The zero-order chi connectivity index (χ0) is 14.7. The predicted molar refractivity (Wildman–Crippen MR) is 72.6 cm³/mol. The maximum absolute atomic E-state index is 10.6. The van der Waals surface area contributed by atoms with Crippen molar-refractivity contribution in [3.63, 3.8) is 0 Å². The van der Waals surface area contributed by atoms with Crippen LogP contribution in [0.1, 0.15) is 11.7 Å². The number of aryl methyl sites for hydroxylation is 1. The number of nitro groups is 1. The Labute approximate surface area is 119 Å². The molecule has 0 aliphatic carbocycles. The van der Waals surface area contributed by atoms with Crippen LogP contribution < -0.4 is 5.32 Å². The fourth-order valence-electron chi connectivity index (χ4n) is 1.58. The van der Waals surface area contributed by atoms with Crippen LogP contribution in [0.15, 0.2) is 24.7 Å². The van der Waals surface area contributed by atoms with E-state index in [1.165, 1.54) is 6.07 Å². The standard InChI is InChI=1S/C11H12ClN5O3/c1-16-6-7(3-15-16)10(18)5-14-11-9(12)2-8(4-13-11)17(19)20/h2-4,6,10,18H,5H2,1H3,(H,13,14). The van der Waals surface area contributed by atoms with Crippen molar-refractivity contribution in [2.75, 3.05) is 11.9 Å². The van der Waals surface area contributed by atoms with Crippen molar-refractivity contribution in [3.8, 4) is 0 Å². The van der Waals surface area contributed by atoms with Gasteiger partial charge in [-0.2, -0.15) is 5.10 Å². The Hall–Kier alpha value is -2.19. The Morgan fingerprint density at radius 2 is 2.35 bits per heavy atom. The molecule has 20 heavy (non-hydrogen) atoms. The van der Waals surface area contributed by atoms with Gasteiger partial charge >= 0.3 is 0 Å². The molecule has 0 aliphatic rings. The third-order valence-electron chi connectivity index (χ3n) is 2.61. The fraction of sp³-hybridized carbons (Fsp3) is 0.273. The second-order valence-electron chi connectivity index (χ2n) is 4.13. The van der Waals surface area contributed by atoms with Crippen LogP contribution in [0.5, 0.6) is 0 Å². The number of nitrogens with one attached hydrogen (secondary N) is 1. The minimum Gasteiger partial charge on any atom is -0.386 e. The van der Waals surface area contributed by atoms with Crippen LogP contribution in [0.3, 0.4) is 0 Å². The lowest BCUT2D eigenvalue weighted by atomic mass is 10.2. The third kappa shape index (κ3) is 3.22. The Morgan fingerprint density at radius 1 is 1.60 bits per heavy atom. The first-order valence-corrected chi connectivity index (χ1v) is 6.05. The van der Waals surface area contributed by atoms with Gasteiger partial charge in [-0.25, -0.2) is 4.98 Å². The third-order valence-corrected chi connectivity index (χ3v) is 2.90. The summed E-state index contributed by atoms with van der Waals surface area (Å²) in [5.74, 6) is 0.278. The van der Waals surface area contributed by atoms with Crippen molar-refractivity contribution >= 4 is 23.1 Å². The molecule has 2 aromatic rings. The number of anilines is 1. The molecule has 0 fully saturated rings. The van der Waals surface area contributed by atoms with E-state index >= 15 is 0 Å².